The summed E-state index contributed by atoms with van der Waals surface area (Å²) in [4.78, 5) is 4.23. The van der Waals surface area contributed by atoms with E-state index in [1.54, 1.807) is 30.5 Å². The van der Waals surface area contributed by atoms with Crippen LogP contribution in [-0.2, 0) is 13.2 Å². The second-order valence-corrected chi connectivity index (χ2v) is 4.70. The van der Waals surface area contributed by atoms with E-state index < -0.39 is 0 Å². The van der Waals surface area contributed by atoms with Gasteiger partial charge >= 0.3 is 0 Å². The third-order valence-electron chi connectivity index (χ3n) is 3.28. The molecule has 2 aromatic carbocycles. The van der Waals surface area contributed by atoms with Gasteiger partial charge in [-0.2, -0.15) is 0 Å². The summed E-state index contributed by atoms with van der Waals surface area (Å²) in [6.07, 6.45) is 1.64. The molecule has 0 saturated heterocycles. The molecule has 3 nitrogen and oxygen atoms in total. The van der Waals surface area contributed by atoms with Gasteiger partial charge in [-0.05, 0) is 35.9 Å². The normalized spacial score (nSPS) is 10.8. The maximum absolute atomic E-state index is 13.7. The van der Waals surface area contributed by atoms with E-state index in [4.69, 9.17) is 9.84 Å². The smallest absolute Gasteiger partial charge is 0.132 e. The number of aliphatic hydroxyl groups is 1. The number of rotatable bonds is 4. The highest BCUT2D eigenvalue weighted by atomic mass is 19.1. The molecule has 3 aromatic rings. The van der Waals surface area contributed by atoms with Crippen molar-refractivity contribution in [1.29, 1.82) is 0 Å². The first kappa shape index (κ1) is 13.5. The van der Waals surface area contributed by atoms with Crippen LogP contribution in [0.1, 0.15) is 11.1 Å². The van der Waals surface area contributed by atoms with Crippen LogP contribution in [-0.4, -0.2) is 10.1 Å². The number of ether oxygens (including phenoxy) is 1. The molecule has 0 atom stereocenters. The minimum Gasteiger partial charge on any atom is -0.489 e. The molecule has 106 valence electrons. The highest BCUT2D eigenvalue weighted by molar-refractivity contribution is 5.82. The Balaban J connectivity index is 1.87. The van der Waals surface area contributed by atoms with Gasteiger partial charge in [-0.25, -0.2) is 4.39 Å². The first-order valence-corrected chi connectivity index (χ1v) is 6.62. The Morgan fingerprint density at radius 3 is 2.86 bits per heavy atom. The monoisotopic (exact) mass is 283 g/mol. The van der Waals surface area contributed by atoms with Gasteiger partial charge in [0, 0.05) is 17.1 Å². The van der Waals surface area contributed by atoms with Gasteiger partial charge in [0.25, 0.3) is 0 Å². The molecule has 21 heavy (non-hydrogen) atoms. The molecule has 1 N–H and O–H groups in total. The molecular formula is C17H14FNO2. The lowest BCUT2D eigenvalue weighted by Gasteiger charge is -2.09. The summed E-state index contributed by atoms with van der Waals surface area (Å²) in [5.41, 5.74) is 2.21. The third kappa shape index (κ3) is 2.85. The number of fused-ring (bicyclic) bond motifs is 1. The van der Waals surface area contributed by atoms with Gasteiger partial charge in [0.05, 0.1) is 12.1 Å². The third-order valence-corrected chi connectivity index (χ3v) is 3.28. The van der Waals surface area contributed by atoms with E-state index >= 15 is 0 Å². The van der Waals surface area contributed by atoms with Crippen LogP contribution >= 0.6 is 0 Å². The van der Waals surface area contributed by atoms with Crippen molar-refractivity contribution in [3.63, 3.8) is 0 Å². The number of hydrogen-bond donors (Lipinski definition) is 1. The molecule has 0 aliphatic heterocycles. The molecule has 0 amide bonds. The number of nitrogens with zero attached hydrogens (tertiary/aromatic N) is 1. The minimum absolute atomic E-state index is 0.0295. The first-order chi connectivity index (χ1) is 10.3. The Morgan fingerprint density at radius 1 is 1.10 bits per heavy atom. The van der Waals surface area contributed by atoms with Gasteiger partial charge in [-0.1, -0.05) is 18.2 Å². The molecule has 0 aliphatic carbocycles. The molecule has 0 fully saturated rings. The Bertz CT molecular complexity index is 774. The Hall–Kier alpha value is -2.46. The van der Waals surface area contributed by atoms with E-state index in [9.17, 15) is 4.39 Å². The molecule has 0 unspecified atom stereocenters. The highest BCUT2D eigenvalue weighted by Crippen LogP contribution is 2.22. The second-order valence-electron chi connectivity index (χ2n) is 4.70. The fourth-order valence-electron chi connectivity index (χ4n) is 2.21. The summed E-state index contributed by atoms with van der Waals surface area (Å²) in [5, 5.41) is 9.60. The summed E-state index contributed by atoms with van der Waals surface area (Å²) in [7, 11) is 0. The van der Waals surface area contributed by atoms with Crippen LogP contribution in [0.3, 0.4) is 0 Å². The number of pyridine rings is 1. The predicted molar refractivity (Wildman–Crippen MR) is 78.4 cm³/mol. The summed E-state index contributed by atoms with van der Waals surface area (Å²) in [6.45, 7) is 0.265. The van der Waals surface area contributed by atoms with Crippen LogP contribution in [0.25, 0.3) is 10.9 Å². The molecule has 0 radical (unpaired) electrons. The lowest BCUT2D eigenvalue weighted by Crippen LogP contribution is -1.99. The molecule has 0 spiro atoms. The van der Waals surface area contributed by atoms with E-state index in [2.05, 4.69) is 4.98 Å². The molecule has 1 heterocycles. The molecule has 0 bridgehead atoms. The molecule has 0 saturated carbocycles. The molecule has 0 aliphatic rings. The molecular weight excluding hydrogens is 269 g/mol. The van der Waals surface area contributed by atoms with Crippen LogP contribution in [0, 0.1) is 5.82 Å². The largest absolute Gasteiger partial charge is 0.489 e. The van der Waals surface area contributed by atoms with E-state index in [0.717, 1.165) is 11.1 Å². The van der Waals surface area contributed by atoms with Gasteiger partial charge in [0.2, 0.25) is 0 Å². The highest BCUT2D eigenvalue weighted by Gasteiger charge is 2.07. The fraction of sp³-hybridized carbons (Fsp3) is 0.118. The lowest BCUT2D eigenvalue weighted by atomic mass is 10.1. The van der Waals surface area contributed by atoms with Crippen molar-refractivity contribution in [2.24, 2.45) is 0 Å². The van der Waals surface area contributed by atoms with Crippen LogP contribution in [0.4, 0.5) is 4.39 Å². The van der Waals surface area contributed by atoms with E-state index in [-0.39, 0.29) is 12.4 Å². The second kappa shape index (κ2) is 5.89. The zero-order valence-electron chi connectivity index (χ0n) is 11.3. The number of halogens is 1. The van der Waals surface area contributed by atoms with Crippen molar-refractivity contribution in [3.8, 4) is 5.75 Å². The lowest BCUT2D eigenvalue weighted by molar-refractivity contribution is 0.278. The average Bonchev–Trinajstić information content (AvgIpc) is 2.55. The quantitative estimate of drug-likeness (QED) is 0.797. The van der Waals surface area contributed by atoms with Gasteiger partial charge in [-0.3, -0.25) is 4.98 Å². The van der Waals surface area contributed by atoms with Crippen molar-refractivity contribution < 1.29 is 14.2 Å². The maximum atomic E-state index is 13.7. The summed E-state index contributed by atoms with van der Waals surface area (Å²) < 4.78 is 19.4. The molecule has 4 heteroatoms. The van der Waals surface area contributed by atoms with Crippen molar-refractivity contribution in [2.45, 2.75) is 13.2 Å². The summed E-state index contributed by atoms with van der Waals surface area (Å²) in [6, 6.07) is 13.8. The van der Waals surface area contributed by atoms with Crippen LogP contribution in [0.15, 0.2) is 54.7 Å². The van der Waals surface area contributed by atoms with E-state index in [1.807, 2.05) is 18.2 Å². The number of benzene rings is 2. The average molecular weight is 283 g/mol. The van der Waals surface area contributed by atoms with E-state index in [1.165, 1.54) is 6.07 Å². The SMILES string of the molecule is OCc1cccc(OCc2ccc(F)c3cccnc23)c1. The minimum atomic E-state index is -0.288. The molecule has 1 aromatic heterocycles. The number of aromatic nitrogens is 1. The van der Waals surface area contributed by atoms with Crippen LogP contribution < -0.4 is 4.74 Å². The topological polar surface area (TPSA) is 42.4 Å². The van der Waals surface area contributed by atoms with Gasteiger partial charge in [0.15, 0.2) is 0 Å². The predicted octanol–water partition coefficient (Wildman–Crippen LogP) is 3.45. The zero-order chi connectivity index (χ0) is 14.7. The summed E-state index contributed by atoms with van der Waals surface area (Å²) >= 11 is 0. The Morgan fingerprint density at radius 2 is 2.00 bits per heavy atom. The van der Waals surface area contributed by atoms with Gasteiger partial charge in [-0.15, -0.1) is 0 Å². The fourth-order valence-corrected chi connectivity index (χ4v) is 2.21. The van der Waals surface area contributed by atoms with Crippen molar-refractivity contribution in [1.82, 2.24) is 4.98 Å². The molecule has 3 rings (SSSR count). The van der Waals surface area contributed by atoms with Crippen molar-refractivity contribution in [3.05, 3.63) is 71.7 Å². The van der Waals surface area contributed by atoms with Gasteiger partial charge in [0.1, 0.15) is 18.2 Å². The van der Waals surface area contributed by atoms with Crippen molar-refractivity contribution in [2.75, 3.05) is 0 Å². The van der Waals surface area contributed by atoms with Crippen molar-refractivity contribution >= 4 is 10.9 Å². The Labute approximate surface area is 121 Å². The van der Waals surface area contributed by atoms with Crippen LogP contribution in [0.5, 0.6) is 5.75 Å². The first-order valence-electron chi connectivity index (χ1n) is 6.62. The standard InChI is InChI=1S/C17H14FNO2/c18-16-7-6-13(17-15(16)5-2-8-19-17)11-21-14-4-1-3-12(9-14)10-20/h1-9,20H,10-11H2. The summed E-state index contributed by atoms with van der Waals surface area (Å²) in [5.74, 6) is 0.374. The Kier molecular flexibility index (Phi) is 3.79. The number of hydrogen-bond acceptors (Lipinski definition) is 3. The van der Waals surface area contributed by atoms with Crippen LogP contribution in [0.2, 0.25) is 0 Å². The van der Waals surface area contributed by atoms with E-state index in [0.29, 0.717) is 23.3 Å². The zero-order valence-corrected chi connectivity index (χ0v) is 11.3. The maximum Gasteiger partial charge on any atom is 0.132 e. The van der Waals surface area contributed by atoms with Gasteiger partial charge < -0.3 is 9.84 Å². The number of aliphatic hydroxyl groups excluding tert-OH is 1.